The van der Waals surface area contributed by atoms with Gasteiger partial charge in [0.05, 0.1) is 18.0 Å². The second kappa shape index (κ2) is 6.59. The second-order valence-electron chi connectivity index (χ2n) is 7.36. The van der Waals surface area contributed by atoms with Crippen molar-refractivity contribution in [2.45, 2.75) is 50.7 Å². The molecule has 1 aliphatic heterocycles. The number of nitrogens with one attached hydrogen (secondary N) is 1. The zero-order chi connectivity index (χ0) is 19.1. The molecule has 0 radical (unpaired) electrons. The predicted octanol–water partition coefficient (Wildman–Crippen LogP) is 3.89. The molecule has 2 aromatic carbocycles. The summed E-state index contributed by atoms with van der Waals surface area (Å²) in [6, 6.07) is 10.6. The highest BCUT2D eigenvalue weighted by molar-refractivity contribution is 7.89. The molecule has 1 atom stereocenters. The van der Waals surface area contributed by atoms with Gasteiger partial charge in [0, 0.05) is 12.0 Å². The van der Waals surface area contributed by atoms with Crippen LogP contribution in [0, 0.1) is 13.8 Å². The van der Waals surface area contributed by atoms with E-state index in [1.54, 1.807) is 26.2 Å². The Morgan fingerprint density at radius 2 is 1.85 bits per heavy atom. The Morgan fingerprint density at radius 1 is 1.15 bits per heavy atom. The van der Waals surface area contributed by atoms with Crippen LogP contribution >= 0.6 is 0 Å². The van der Waals surface area contributed by atoms with Crippen molar-refractivity contribution in [1.29, 1.82) is 0 Å². The van der Waals surface area contributed by atoms with Crippen LogP contribution < -0.4 is 14.2 Å². The van der Waals surface area contributed by atoms with E-state index in [9.17, 15) is 8.42 Å². The van der Waals surface area contributed by atoms with E-state index in [4.69, 9.17) is 9.47 Å². The number of hydrogen-bond donors (Lipinski definition) is 1. The summed E-state index contributed by atoms with van der Waals surface area (Å²) in [6.07, 6.45) is 0.553. The molecule has 6 heteroatoms. The zero-order valence-electron chi connectivity index (χ0n) is 15.8. The van der Waals surface area contributed by atoms with E-state index in [1.807, 2.05) is 45.0 Å². The summed E-state index contributed by atoms with van der Waals surface area (Å²) in [4.78, 5) is 0.276. The lowest BCUT2D eigenvalue weighted by molar-refractivity contribution is 0.0702. The van der Waals surface area contributed by atoms with Crippen LogP contribution in [0.3, 0.4) is 0 Å². The van der Waals surface area contributed by atoms with Crippen molar-refractivity contribution in [3.63, 3.8) is 0 Å². The van der Waals surface area contributed by atoms with Gasteiger partial charge in [-0.25, -0.2) is 13.1 Å². The normalized spacial score (nSPS) is 18.7. The van der Waals surface area contributed by atoms with Crippen molar-refractivity contribution in [3.8, 4) is 11.5 Å². The number of rotatable bonds is 4. The first kappa shape index (κ1) is 18.7. The van der Waals surface area contributed by atoms with Crippen LogP contribution in [0.5, 0.6) is 11.5 Å². The average molecular weight is 375 g/mol. The van der Waals surface area contributed by atoms with Gasteiger partial charge < -0.3 is 9.47 Å². The number of hydrogen-bond acceptors (Lipinski definition) is 4. The van der Waals surface area contributed by atoms with Gasteiger partial charge >= 0.3 is 0 Å². The predicted molar refractivity (Wildman–Crippen MR) is 101 cm³/mol. The van der Waals surface area contributed by atoms with Crippen molar-refractivity contribution >= 4 is 10.0 Å². The largest absolute Gasteiger partial charge is 0.496 e. The fourth-order valence-corrected chi connectivity index (χ4v) is 4.96. The molecule has 1 heterocycles. The van der Waals surface area contributed by atoms with Gasteiger partial charge in [-0.1, -0.05) is 18.2 Å². The van der Waals surface area contributed by atoms with Crippen LogP contribution in [0.15, 0.2) is 41.3 Å². The molecule has 0 amide bonds. The lowest BCUT2D eigenvalue weighted by Gasteiger charge is -2.37. The standard InChI is InChI=1S/C20H25NO4S/c1-13-11-19(14(2)10-18(13)24-5)26(22,23)21-16-12-20(3,4)25-17-9-7-6-8-15(16)17/h6-11,16,21H,12H2,1-5H3/t16-/m0/s1. The quantitative estimate of drug-likeness (QED) is 0.880. The molecule has 0 aromatic heterocycles. The summed E-state index contributed by atoms with van der Waals surface area (Å²) in [5.41, 5.74) is 1.84. The number of aryl methyl sites for hydroxylation is 2. The Hall–Kier alpha value is -2.05. The van der Waals surface area contributed by atoms with Crippen molar-refractivity contribution in [2.24, 2.45) is 0 Å². The topological polar surface area (TPSA) is 64.6 Å². The van der Waals surface area contributed by atoms with Gasteiger partial charge in [0.1, 0.15) is 17.1 Å². The number of para-hydroxylation sites is 1. The van der Waals surface area contributed by atoms with Gasteiger partial charge in [-0.3, -0.25) is 0 Å². The minimum absolute atomic E-state index is 0.276. The van der Waals surface area contributed by atoms with Gasteiger partial charge in [0.2, 0.25) is 10.0 Å². The molecule has 2 aromatic rings. The molecule has 0 unspecified atom stereocenters. The van der Waals surface area contributed by atoms with Crippen molar-refractivity contribution in [2.75, 3.05) is 7.11 Å². The third-order valence-electron chi connectivity index (χ3n) is 4.66. The maximum Gasteiger partial charge on any atom is 0.241 e. The highest BCUT2D eigenvalue weighted by Crippen LogP contribution is 2.40. The number of methoxy groups -OCH3 is 1. The Labute approximate surface area is 155 Å². The molecule has 0 aliphatic carbocycles. The van der Waals surface area contributed by atoms with Gasteiger partial charge in [-0.15, -0.1) is 0 Å². The highest BCUT2D eigenvalue weighted by Gasteiger charge is 2.36. The molecule has 0 spiro atoms. The molecule has 1 aliphatic rings. The summed E-state index contributed by atoms with van der Waals surface area (Å²) in [7, 11) is -2.11. The SMILES string of the molecule is COc1cc(C)c(S(=O)(=O)N[C@H]2CC(C)(C)Oc3ccccc32)cc1C. The van der Waals surface area contributed by atoms with Gasteiger partial charge in [-0.05, 0) is 57.0 Å². The number of fused-ring (bicyclic) bond motifs is 1. The van der Waals surface area contributed by atoms with E-state index in [-0.39, 0.29) is 10.9 Å². The Balaban J connectivity index is 1.99. The maximum atomic E-state index is 13.1. The number of sulfonamides is 1. The van der Waals surface area contributed by atoms with E-state index in [0.29, 0.717) is 17.7 Å². The summed E-state index contributed by atoms with van der Waals surface area (Å²) in [5, 5.41) is 0. The molecule has 5 nitrogen and oxygen atoms in total. The molecular weight excluding hydrogens is 350 g/mol. The van der Waals surface area contributed by atoms with Gasteiger partial charge in [-0.2, -0.15) is 0 Å². The second-order valence-corrected chi connectivity index (χ2v) is 9.05. The van der Waals surface area contributed by atoms with Crippen molar-refractivity contribution < 1.29 is 17.9 Å². The van der Waals surface area contributed by atoms with Crippen molar-refractivity contribution in [1.82, 2.24) is 4.72 Å². The van der Waals surface area contributed by atoms with Crippen LogP contribution in [-0.2, 0) is 10.0 Å². The summed E-state index contributed by atoms with van der Waals surface area (Å²) >= 11 is 0. The van der Waals surface area contributed by atoms with E-state index >= 15 is 0 Å². The Morgan fingerprint density at radius 3 is 2.54 bits per heavy atom. The Kier molecular flexibility index (Phi) is 4.75. The Bertz CT molecular complexity index is 935. The molecule has 1 N–H and O–H groups in total. The number of benzene rings is 2. The van der Waals surface area contributed by atoms with Crippen molar-refractivity contribution in [3.05, 3.63) is 53.1 Å². The molecule has 0 fully saturated rings. The lowest BCUT2D eigenvalue weighted by atomic mass is 9.90. The van der Waals surface area contributed by atoms with E-state index < -0.39 is 15.6 Å². The zero-order valence-corrected chi connectivity index (χ0v) is 16.6. The smallest absolute Gasteiger partial charge is 0.241 e. The summed E-state index contributed by atoms with van der Waals surface area (Å²) < 4.78 is 40.4. The highest BCUT2D eigenvalue weighted by atomic mass is 32.2. The third kappa shape index (κ3) is 3.57. The molecule has 0 saturated heterocycles. The van der Waals surface area contributed by atoms with Crippen LogP contribution in [0.25, 0.3) is 0 Å². The average Bonchev–Trinajstić information content (AvgIpc) is 2.55. The summed E-state index contributed by atoms with van der Waals surface area (Å²) in [5.74, 6) is 1.40. The van der Waals surface area contributed by atoms with E-state index in [0.717, 1.165) is 16.9 Å². The minimum Gasteiger partial charge on any atom is -0.496 e. The molecule has 26 heavy (non-hydrogen) atoms. The van der Waals surface area contributed by atoms with E-state index in [2.05, 4.69) is 4.72 Å². The summed E-state index contributed by atoms with van der Waals surface area (Å²) in [6.45, 7) is 7.54. The van der Waals surface area contributed by atoms with Crippen LogP contribution in [0.1, 0.15) is 43.0 Å². The van der Waals surface area contributed by atoms with Crippen LogP contribution in [0.4, 0.5) is 0 Å². The molecular formula is C20H25NO4S. The monoisotopic (exact) mass is 375 g/mol. The maximum absolute atomic E-state index is 13.1. The third-order valence-corrected chi connectivity index (χ3v) is 6.27. The molecule has 140 valence electrons. The first-order valence-electron chi connectivity index (χ1n) is 8.58. The molecule has 0 bridgehead atoms. The van der Waals surface area contributed by atoms with Crippen LogP contribution in [0.2, 0.25) is 0 Å². The lowest BCUT2D eigenvalue weighted by Crippen LogP contribution is -2.41. The van der Waals surface area contributed by atoms with Gasteiger partial charge in [0.15, 0.2) is 0 Å². The first-order valence-corrected chi connectivity index (χ1v) is 10.1. The minimum atomic E-state index is -3.69. The molecule has 3 rings (SSSR count). The molecule has 0 saturated carbocycles. The van der Waals surface area contributed by atoms with Crippen LogP contribution in [-0.4, -0.2) is 21.1 Å². The fraction of sp³-hybridized carbons (Fsp3) is 0.400. The fourth-order valence-electron chi connectivity index (χ4n) is 3.43. The van der Waals surface area contributed by atoms with Gasteiger partial charge in [0.25, 0.3) is 0 Å². The van der Waals surface area contributed by atoms with E-state index in [1.165, 1.54) is 0 Å². The number of ether oxygens (including phenoxy) is 2. The first-order chi connectivity index (χ1) is 12.1.